The predicted molar refractivity (Wildman–Crippen MR) is 82.3 cm³/mol. The first-order valence-corrected chi connectivity index (χ1v) is 7.65. The quantitative estimate of drug-likeness (QED) is 0.886. The molecule has 0 saturated heterocycles. The fourth-order valence-electron chi connectivity index (χ4n) is 2.26. The van der Waals surface area contributed by atoms with Crippen LogP contribution in [0.2, 0.25) is 0 Å². The number of benzene rings is 2. The summed E-state index contributed by atoms with van der Waals surface area (Å²) in [6.45, 7) is 0. The molecule has 1 amide bonds. The van der Waals surface area contributed by atoms with Gasteiger partial charge in [0.25, 0.3) is 5.91 Å². The number of primary amides is 1. The highest BCUT2D eigenvalue weighted by atomic mass is 32.2. The van der Waals surface area contributed by atoms with Crippen molar-refractivity contribution in [2.75, 3.05) is 6.26 Å². The Morgan fingerprint density at radius 2 is 1.75 bits per heavy atom. The summed E-state index contributed by atoms with van der Waals surface area (Å²) in [4.78, 5) is 11.9. The highest BCUT2D eigenvalue weighted by Crippen LogP contribution is 2.33. The lowest BCUT2D eigenvalue weighted by Gasteiger charge is -2.28. The molecule has 4 heteroatoms. The van der Waals surface area contributed by atoms with Gasteiger partial charge in [0.15, 0.2) is 5.60 Å². The van der Waals surface area contributed by atoms with E-state index in [4.69, 9.17) is 5.73 Å². The lowest BCUT2D eigenvalue weighted by Crippen LogP contribution is -2.42. The number of rotatable bonds is 5. The van der Waals surface area contributed by atoms with Crippen LogP contribution < -0.4 is 5.73 Å². The first-order chi connectivity index (χ1) is 9.60. The maximum Gasteiger partial charge on any atom is 0.258 e. The summed E-state index contributed by atoms with van der Waals surface area (Å²) >= 11 is 1.63. The molecule has 0 aromatic heterocycles. The second kappa shape index (κ2) is 6.11. The Bertz CT molecular complexity index is 600. The van der Waals surface area contributed by atoms with E-state index in [-0.39, 0.29) is 0 Å². The van der Waals surface area contributed by atoms with Crippen LogP contribution in [0, 0.1) is 0 Å². The SMILES string of the molecule is CSCc1ccccc1[C@@](O)(C(N)=O)c1ccccc1. The van der Waals surface area contributed by atoms with Crippen LogP contribution in [0.1, 0.15) is 16.7 Å². The van der Waals surface area contributed by atoms with Crippen LogP contribution in [0.4, 0.5) is 0 Å². The Morgan fingerprint density at radius 3 is 2.35 bits per heavy atom. The first-order valence-electron chi connectivity index (χ1n) is 6.25. The van der Waals surface area contributed by atoms with Crippen LogP contribution >= 0.6 is 11.8 Å². The van der Waals surface area contributed by atoms with Gasteiger partial charge in [-0.1, -0.05) is 54.6 Å². The van der Waals surface area contributed by atoms with Crippen molar-refractivity contribution in [3.8, 4) is 0 Å². The van der Waals surface area contributed by atoms with Crippen molar-refractivity contribution < 1.29 is 9.90 Å². The zero-order valence-electron chi connectivity index (χ0n) is 11.2. The molecule has 2 rings (SSSR count). The fraction of sp³-hybridized carbons (Fsp3) is 0.188. The molecular formula is C16H17NO2S. The second-order valence-corrected chi connectivity index (χ2v) is 5.40. The molecule has 1 atom stereocenters. The van der Waals surface area contributed by atoms with E-state index in [0.29, 0.717) is 16.9 Å². The molecule has 0 aliphatic heterocycles. The van der Waals surface area contributed by atoms with E-state index in [0.717, 1.165) is 5.56 Å². The minimum atomic E-state index is -1.80. The molecule has 0 spiro atoms. The van der Waals surface area contributed by atoms with Gasteiger partial charge in [0.05, 0.1) is 0 Å². The Labute approximate surface area is 122 Å². The summed E-state index contributed by atoms with van der Waals surface area (Å²) in [6, 6.07) is 16.2. The van der Waals surface area contributed by atoms with Gasteiger partial charge < -0.3 is 10.8 Å². The van der Waals surface area contributed by atoms with Crippen molar-refractivity contribution in [3.63, 3.8) is 0 Å². The smallest absolute Gasteiger partial charge is 0.258 e. The molecule has 0 fully saturated rings. The van der Waals surface area contributed by atoms with Gasteiger partial charge in [-0.25, -0.2) is 0 Å². The molecule has 0 radical (unpaired) electrons. The van der Waals surface area contributed by atoms with Crippen molar-refractivity contribution >= 4 is 17.7 Å². The third-order valence-corrected chi connectivity index (χ3v) is 3.85. The predicted octanol–water partition coefficient (Wildman–Crippen LogP) is 2.27. The molecule has 0 aliphatic rings. The number of nitrogens with two attached hydrogens (primary N) is 1. The summed E-state index contributed by atoms with van der Waals surface area (Å²) in [5.41, 5.74) is 5.65. The van der Waals surface area contributed by atoms with E-state index in [1.54, 1.807) is 48.2 Å². The normalized spacial score (nSPS) is 13.7. The Balaban J connectivity index is 2.63. The maximum absolute atomic E-state index is 11.9. The Hall–Kier alpha value is -1.78. The van der Waals surface area contributed by atoms with Gasteiger partial charge in [0.2, 0.25) is 0 Å². The number of aliphatic hydroxyl groups is 1. The van der Waals surface area contributed by atoms with Crippen molar-refractivity contribution in [3.05, 3.63) is 71.3 Å². The van der Waals surface area contributed by atoms with Crippen LogP contribution in [-0.4, -0.2) is 17.3 Å². The van der Waals surface area contributed by atoms with Crippen molar-refractivity contribution in [2.45, 2.75) is 11.4 Å². The molecule has 3 nitrogen and oxygen atoms in total. The van der Waals surface area contributed by atoms with Gasteiger partial charge in [-0.2, -0.15) is 11.8 Å². The minimum absolute atomic E-state index is 0.487. The zero-order valence-corrected chi connectivity index (χ0v) is 12.1. The average molecular weight is 287 g/mol. The highest BCUT2D eigenvalue weighted by Gasteiger charge is 2.39. The van der Waals surface area contributed by atoms with Crippen molar-refractivity contribution in [1.82, 2.24) is 0 Å². The molecule has 2 aromatic carbocycles. The molecule has 0 saturated carbocycles. The molecule has 0 unspecified atom stereocenters. The van der Waals surface area contributed by atoms with Crippen LogP contribution in [0.3, 0.4) is 0 Å². The monoisotopic (exact) mass is 287 g/mol. The van der Waals surface area contributed by atoms with E-state index < -0.39 is 11.5 Å². The van der Waals surface area contributed by atoms with Crippen LogP contribution in [0.15, 0.2) is 54.6 Å². The standard InChI is InChI=1S/C16H17NO2S/c1-20-11-12-7-5-6-10-14(12)16(19,15(17)18)13-8-3-2-4-9-13/h2-10,19H,11H2,1H3,(H2,17,18)/t16-/m1/s1. The summed E-state index contributed by atoms with van der Waals surface area (Å²) < 4.78 is 0. The lowest BCUT2D eigenvalue weighted by molar-refractivity contribution is -0.133. The highest BCUT2D eigenvalue weighted by molar-refractivity contribution is 7.97. The number of hydrogen-bond acceptors (Lipinski definition) is 3. The third-order valence-electron chi connectivity index (χ3n) is 3.26. The van der Waals surface area contributed by atoms with Crippen LogP contribution in [-0.2, 0) is 16.1 Å². The largest absolute Gasteiger partial charge is 0.372 e. The molecule has 104 valence electrons. The summed E-state index contributed by atoms with van der Waals surface area (Å²) in [6.07, 6.45) is 1.97. The maximum atomic E-state index is 11.9. The van der Waals surface area contributed by atoms with Gasteiger partial charge >= 0.3 is 0 Å². The second-order valence-electron chi connectivity index (χ2n) is 4.53. The molecular weight excluding hydrogens is 270 g/mol. The number of amides is 1. The number of thioether (sulfide) groups is 1. The Morgan fingerprint density at radius 1 is 1.15 bits per heavy atom. The topological polar surface area (TPSA) is 63.3 Å². The molecule has 2 aromatic rings. The molecule has 20 heavy (non-hydrogen) atoms. The van der Waals surface area contributed by atoms with Gasteiger partial charge in [-0.05, 0) is 17.4 Å². The number of carbonyl (C=O) groups excluding carboxylic acids is 1. The Kier molecular flexibility index (Phi) is 4.47. The summed E-state index contributed by atoms with van der Waals surface area (Å²) in [5, 5.41) is 11.0. The van der Waals surface area contributed by atoms with E-state index in [1.165, 1.54) is 0 Å². The summed E-state index contributed by atoms with van der Waals surface area (Å²) in [5.74, 6) is -0.0595. The minimum Gasteiger partial charge on any atom is -0.372 e. The van der Waals surface area contributed by atoms with Gasteiger partial charge in [-0.3, -0.25) is 4.79 Å². The number of hydrogen-bond donors (Lipinski definition) is 2. The zero-order chi connectivity index (χ0) is 14.6. The number of carbonyl (C=O) groups is 1. The average Bonchev–Trinajstić information content (AvgIpc) is 2.48. The van der Waals surface area contributed by atoms with Gasteiger partial charge in [0.1, 0.15) is 0 Å². The first kappa shape index (κ1) is 14.6. The fourth-order valence-corrected chi connectivity index (χ4v) is 2.83. The van der Waals surface area contributed by atoms with E-state index >= 15 is 0 Å². The van der Waals surface area contributed by atoms with Crippen molar-refractivity contribution in [1.29, 1.82) is 0 Å². The third kappa shape index (κ3) is 2.57. The molecule has 3 N–H and O–H groups in total. The van der Waals surface area contributed by atoms with E-state index in [1.807, 2.05) is 24.5 Å². The van der Waals surface area contributed by atoms with E-state index in [9.17, 15) is 9.90 Å². The van der Waals surface area contributed by atoms with Crippen LogP contribution in [0.25, 0.3) is 0 Å². The molecule has 0 aliphatic carbocycles. The summed E-state index contributed by atoms with van der Waals surface area (Å²) in [7, 11) is 0. The van der Waals surface area contributed by atoms with Crippen LogP contribution in [0.5, 0.6) is 0 Å². The van der Waals surface area contributed by atoms with Gasteiger partial charge in [-0.15, -0.1) is 0 Å². The molecule has 0 heterocycles. The van der Waals surface area contributed by atoms with E-state index in [2.05, 4.69) is 0 Å². The molecule has 0 bridgehead atoms. The van der Waals surface area contributed by atoms with Crippen molar-refractivity contribution in [2.24, 2.45) is 5.73 Å². The lowest BCUT2D eigenvalue weighted by atomic mass is 9.83. The van der Waals surface area contributed by atoms with Gasteiger partial charge in [0, 0.05) is 11.3 Å².